The van der Waals surface area contributed by atoms with E-state index in [0.717, 1.165) is 24.2 Å². The number of para-hydroxylation sites is 1. The van der Waals surface area contributed by atoms with Gasteiger partial charge in [0.2, 0.25) is 0 Å². The summed E-state index contributed by atoms with van der Waals surface area (Å²) < 4.78 is 16.1. The van der Waals surface area contributed by atoms with Gasteiger partial charge in [-0.1, -0.05) is 25.1 Å². The van der Waals surface area contributed by atoms with Gasteiger partial charge in [-0.15, -0.1) is 0 Å². The first kappa shape index (κ1) is 16.0. The molecule has 1 atom stereocenters. The van der Waals surface area contributed by atoms with Crippen molar-refractivity contribution in [2.75, 3.05) is 33.5 Å². The van der Waals surface area contributed by atoms with E-state index in [1.807, 2.05) is 24.3 Å². The third-order valence-electron chi connectivity index (χ3n) is 2.88. The van der Waals surface area contributed by atoms with E-state index < -0.39 is 0 Å². The van der Waals surface area contributed by atoms with E-state index in [1.165, 1.54) is 0 Å². The van der Waals surface area contributed by atoms with Crippen molar-refractivity contribution in [1.82, 2.24) is 0 Å². The third kappa shape index (κ3) is 6.05. The number of hydrogen-bond donors (Lipinski definition) is 1. The van der Waals surface area contributed by atoms with Gasteiger partial charge in [0.15, 0.2) is 0 Å². The Hall–Kier alpha value is -1.10. The van der Waals surface area contributed by atoms with Crippen LogP contribution in [0.5, 0.6) is 5.75 Å². The van der Waals surface area contributed by atoms with Crippen molar-refractivity contribution in [1.29, 1.82) is 0 Å². The molecule has 1 rings (SSSR count). The van der Waals surface area contributed by atoms with Crippen LogP contribution in [-0.4, -0.2) is 33.5 Å². The Labute approximate surface area is 115 Å². The zero-order valence-corrected chi connectivity index (χ0v) is 11.9. The van der Waals surface area contributed by atoms with Crippen molar-refractivity contribution in [3.8, 4) is 5.75 Å². The first-order valence-electron chi connectivity index (χ1n) is 6.83. The SMILES string of the molecule is CC[C@H](N)c1ccccc1OCCCOCCOC. The monoisotopic (exact) mass is 267 g/mol. The Morgan fingerprint density at radius 3 is 2.63 bits per heavy atom. The van der Waals surface area contributed by atoms with E-state index >= 15 is 0 Å². The fourth-order valence-corrected chi connectivity index (χ4v) is 1.73. The highest BCUT2D eigenvalue weighted by molar-refractivity contribution is 5.35. The lowest BCUT2D eigenvalue weighted by molar-refractivity contribution is 0.0643. The molecule has 0 saturated carbocycles. The normalized spacial score (nSPS) is 12.4. The highest BCUT2D eigenvalue weighted by Crippen LogP contribution is 2.25. The van der Waals surface area contributed by atoms with Crippen LogP contribution < -0.4 is 10.5 Å². The molecule has 0 fully saturated rings. The fourth-order valence-electron chi connectivity index (χ4n) is 1.73. The minimum absolute atomic E-state index is 0.0363. The van der Waals surface area contributed by atoms with Gasteiger partial charge in [-0.25, -0.2) is 0 Å². The van der Waals surface area contributed by atoms with Gasteiger partial charge in [0.1, 0.15) is 5.75 Å². The second-order valence-electron chi connectivity index (χ2n) is 4.36. The summed E-state index contributed by atoms with van der Waals surface area (Å²) in [4.78, 5) is 0. The summed E-state index contributed by atoms with van der Waals surface area (Å²) in [5.41, 5.74) is 7.14. The van der Waals surface area contributed by atoms with E-state index in [4.69, 9.17) is 19.9 Å². The summed E-state index contributed by atoms with van der Waals surface area (Å²) in [5.74, 6) is 0.883. The maximum atomic E-state index is 6.06. The van der Waals surface area contributed by atoms with Crippen molar-refractivity contribution >= 4 is 0 Å². The Balaban J connectivity index is 2.29. The van der Waals surface area contributed by atoms with Crippen molar-refractivity contribution < 1.29 is 14.2 Å². The maximum Gasteiger partial charge on any atom is 0.124 e. The summed E-state index contributed by atoms with van der Waals surface area (Å²) in [6.07, 6.45) is 1.76. The topological polar surface area (TPSA) is 53.7 Å². The van der Waals surface area contributed by atoms with Crippen LogP contribution in [0.15, 0.2) is 24.3 Å². The van der Waals surface area contributed by atoms with Gasteiger partial charge in [0.25, 0.3) is 0 Å². The lowest BCUT2D eigenvalue weighted by Crippen LogP contribution is -2.12. The fraction of sp³-hybridized carbons (Fsp3) is 0.600. The zero-order chi connectivity index (χ0) is 13.9. The van der Waals surface area contributed by atoms with Crippen molar-refractivity contribution in [3.05, 3.63) is 29.8 Å². The lowest BCUT2D eigenvalue weighted by Gasteiger charge is -2.15. The minimum atomic E-state index is 0.0363. The molecule has 108 valence electrons. The van der Waals surface area contributed by atoms with Gasteiger partial charge in [-0.05, 0) is 12.5 Å². The minimum Gasteiger partial charge on any atom is -0.493 e. The number of nitrogens with two attached hydrogens (primary N) is 1. The molecule has 0 bridgehead atoms. The molecule has 2 N–H and O–H groups in total. The quantitative estimate of drug-likeness (QED) is 0.662. The van der Waals surface area contributed by atoms with Gasteiger partial charge in [0, 0.05) is 31.7 Å². The van der Waals surface area contributed by atoms with Crippen LogP contribution in [0.1, 0.15) is 31.4 Å². The highest BCUT2D eigenvalue weighted by Gasteiger charge is 2.09. The third-order valence-corrected chi connectivity index (χ3v) is 2.88. The Kier molecular flexibility index (Phi) is 8.21. The van der Waals surface area contributed by atoms with Crippen LogP contribution >= 0.6 is 0 Å². The van der Waals surface area contributed by atoms with Crippen LogP contribution in [0, 0.1) is 0 Å². The summed E-state index contributed by atoms with van der Waals surface area (Å²) in [5, 5.41) is 0. The van der Waals surface area contributed by atoms with Gasteiger partial charge in [-0.3, -0.25) is 0 Å². The molecule has 0 spiro atoms. The van der Waals surface area contributed by atoms with E-state index in [0.29, 0.717) is 26.4 Å². The standard InChI is InChI=1S/C15H25NO3/c1-3-14(16)13-7-4-5-8-15(13)19-10-6-9-18-12-11-17-2/h4-5,7-8,14H,3,6,9-12,16H2,1-2H3/t14-/m0/s1. The molecular weight excluding hydrogens is 242 g/mol. The predicted molar refractivity (Wildman–Crippen MR) is 76.5 cm³/mol. The summed E-state index contributed by atoms with van der Waals surface area (Å²) in [6.45, 7) is 4.67. The average molecular weight is 267 g/mol. The van der Waals surface area contributed by atoms with Crippen LogP contribution in [-0.2, 0) is 9.47 Å². The number of methoxy groups -OCH3 is 1. The van der Waals surface area contributed by atoms with Gasteiger partial charge in [-0.2, -0.15) is 0 Å². The van der Waals surface area contributed by atoms with Crippen molar-refractivity contribution in [3.63, 3.8) is 0 Å². The van der Waals surface area contributed by atoms with E-state index in [2.05, 4.69) is 6.92 Å². The molecule has 0 aliphatic heterocycles. The smallest absolute Gasteiger partial charge is 0.124 e. The van der Waals surface area contributed by atoms with Gasteiger partial charge >= 0.3 is 0 Å². The highest BCUT2D eigenvalue weighted by atomic mass is 16.5. The van der Waals surface area contributed by atoms with Gasteiger partial charge in [0.05, 0.1) is 19.8 Å². The molecule has 4 heteroatoms. The van der Waals surface area contributed by atoms with Crippen LogP contribution in [0.3, 0.4) is 0 Å². The summed E-state index contributed by atoms with van der Waals surface area (Å²) >= 11 is 0. The predicted octanol–water partition coefficient (Wildman–Crippen LogP) is 2.53. The van der Waals surface area contributed by atoms with E-state index in [-0.39, 0.29) is 6.04 Å². The number of benzene rings is 1. The Bertz CT molecular complexity index is 344. The molecule has 4 nitrogen and oxygen atoms in total. The molecule has 19 heavy (non-hydrogen) atoms. The molecule has 1 aromatic rings. The summed E-state index contributed by atoms with van der Waals surface area (Å²) in [6, 6.07) is 7.99. The largest absolute Gasteiger partial charge is 0.493 e. The molecule has 0 unspecified atom stereocenters. The first-order valence-corrected chi connectivity index (χ1v) is 6.83. The van der Waals surface area contributed by atoms with Crippen molar-refractivity contribution in [2.24, 2.45) is 5.73 Å². The maximum absolute atomic E-state index is 6.06. The first-order chi connectivity index (χ1) is 9.29. The van der Waals surface area contributed by atoms with E-state index in [9.17, 15) is 0 Å². The van der Waals surface area contributed by atoms with Crippen LogP contribution in [0.4, 0.5) is 0 Å². The molecular formula is C15H25NO3. The molecule has 0 saturated heterocycles. The number of ether oxygens (including phenoxy) is 3. The molecule has 0 radical (unpaired) electrons. The molecule has 0 aliphatic carbocycles. The second kappa shape index (κ2) is 9.78. The van der Waals surface area contributed by atoms with E-state index in [1.54, 1.807) is 7.11 Å². The average Bonchev–Trinajstić information content (AvgIpc) is 2.46. The molecule has 0 aliphatic rings. The lowest BCUT2D eigenvalue weighted by atomic mass is 10.0. The van der Waals surface area contributed by atoms with Crippen molar-refractivity contribution in [2.45, 2.75) is 25.8 Å². The summed E-state index contributed by atoms with van der Waals surface area (Å²) in [7, 11) is 1.67. The van der Waals surface area contributed by atoms with Crippen LogP contribution in [0.2, 0.25) is 0 Å². The molecule has 1 aromatic carbocycles. The van der Waals surface area contributed by atoms with Gasteiger partial charge < -0.3 is 19.9 Å². The number of rotatable bonds is 10. The Morgan fingerprint density at radius 2 is 1.89 bits per heavy atom. The van der Waals surface area contributed by atoms with Crippen LogP contribution in [0.25, 0.3) is 0 Å². The molecule has 0 aromatic heterocycles. The molecule has 0 amide bonds. The molecule has 0 heterocycles. The Morgan fingerprint density at radius 1 is 1.11 bits per heavy atom. The zero-order valence-electron chi connectivity index (χ0n) is 11.9. The number of hydrogen-bond acceptors (Lipinski definition) is 4. The second-order valence-corrected chi connectivity index (χ2v) is 4.36.